The molecule has 0 spiro atoms. The molecule has 0 aromatic carbocycles. The van der Waals surface area contributed by atoms with Gasteiger partial charge in [0.15, 0.2) is 0 Å². The molecule has 2 atom stereocenters. The normalized spacial score (nSPS) is 29.3. The van der Waals surface area contributed by atoms with Crippen LogP contribution in [-0.2, 0) is 0 Å². The summed E-state index contributed by atoms with van der Waals surface area (Å²) in [4.78, 5) is 22.6. The summed E-state index contributed by atoms with van der Waals surface area (Å²) in [5.74, 6) is 1.11. The van der Waals surface area contributed by atoms with Crippen molar-refractivity contribution in [1.29, 1.82) is 0 Å². The van der Waals surface area contributed by atoms with Crippen LogP contribution in [0.15, 0.2) is 18.6 Å². The molecule has 1 aromatic rings. The summed E-state index contributed by atoms with van der Waals surface area (Å²) < 4.78 is 0. The van der Waals surface area contributed by atoms with Crippen molar-refractivity contribution in [3.63, 3.8) is 0 Å². The number of aromatic nitrogens is 2. The van der Waals surface area contributed by atoms with E-state index < -0.39 is 0 Å². The van der Waals surface area contributed by atoms with Gasteiger partial charge in [-0.3, -0.25) is 9.78 Å². The summed E-state index contributed by atoms with van der Waals surface area (Å²) >= 11 is 0. The third-order valence-corrected chi connectivity index (χ3v) is 4.39. The molecule has 0 aliphatic carbocycles. The quantitative estimate of drug-likeness (QED) is 0.786. The average Bonchev–Trinajstić information content (AvgIpc) is 2.92. The van der Waals surface area contributed by atoms with E-state index in [-0.39, 0.29) is 11.4 Å². The van der Waals surface area contributed by atoms with Crippen LogP contribution in [0.1, 0.15) is 24.3 Å². The maximum atomic E-state index is 12.5. The Hall–Kier alpha value is -1.49. The molecule has 96 valence electrons. The highest BCUT2D eigenvalue weighted by atomic mass is 16.2. The summed E-state index contributed by atoms with van der Waals surface area (Å²) in [6.07, 6.45) is 4.70. The van der Waals surface area contributed by atoms with Gasteiger partial charge in [-0.25, -0.2) is 4.98 Å². The van der Waals surface area contributed by atoms with E-state index in [1.807, 2.05) is 4.90 Å². The lowest BCUT2D eigenvalue weighted by Gasteiger charge is -2.35. The molecule has 1 aromatic heterocycles. The molecule has 1 N–H and O–H groups in total. The van der Waals surface area contributed by atoms with Crippen LogP contribution < -0.4 is 5.32 Å². The second kappa shape index (κ2) is 4.02. The van der Waals surface area contributed by atoms with Gasteiger partial charge in [-0.1, -0.05) is 0 Å². The SMILES string of the molecule is CC1(C)C2CNCC2CN1C(=O)c1cnccn1. The summed E-state index contributed by atoms with van der Waals surface area (Å²) in [6, 6.07) is 0. The standard InChI is InChI=1S/C13H18N4O/c1-13(2)10-6-15-5-9(10)8-17(13)12(18)11-7-14-3-4-16-11/h3-4,7,9-10,15H,5-6,8H2,1-2H3. The van der Waals surface area contributed by atoms with E-state index in [1.54, 1.807) is 18.6 Å². The van der Waals surface area contributed by atoms with Gasteiger partial charge in [0.05, 0.1) is 6.20 Å². The molecule has 2 aliphatic rings. The molecule has 2 aliphatic heterocycles. The number of likely N-dealkylation sites (tertiary alicyclic amines) is 1. The van der Waals surface area contributed by atoms with E-state index in [4.69, 9.17) is 0 Å². The first-order valence-electron chi connectivity index (χ1n) is 6.39. The van der Waals surface area contributed by atoms with E-state index in [0.717, 1.165) is 19.6 Å². The van der Waals surface area contributed by atoms with Gasteiger partial charge >= 0.3 is 0 Å². The highest BCUT2D eigenvalue weighted by molar-refractivity contribution is 5.92. The molecule has 2 fully saturated rings. The number of carbonyl (C=O) groups excluding carboxylic acids is 1. The smallest absolute Gasteiger partial charge is 0.274 e. The summed E-state index contributed by atoms with van der Waals surface area (Å²) in [6.45, 7) is 7.14. The highest BCUT2D eigenvalue weighted by Crippen LogP contribution is 2.40. The Morgan fingerprint density at radius 1 is 1.44 bits per heavy atom. The number of rotatable bonds is 1. The first-order valence-corrected chi connectivity index (χ1v) is 6.39. The third kappa shape index (κ3) is 1.61. The van der Waals surface area contributed by atoms with Crippen LogP contribution in [0, 0.1) is 11.8 Å². The van der Waals surface area contributed by atoms with Crippen molar-refractivity contribution in [2.75, 3.05) is 19.6 Å². The van der Waals surface area contributed by atoms with Crippen LogP contribution in [-0.4, -0.2) is 45.9 Å². The predicted octanol–water partition coefficient (Wildman–Crippen LogP) is 0.547. The first kappa shape index (κ1) is 11.6. The van der Waals surface area contributed by atoms with Crippen LogP contribution in [0.2, 0.25) is 0 Å². The molecule has 3 heterocycles. The van der Waals surface area contributed by atoms with Gasteiger partial charge < -0.3 is 10.2 Å². The van der Waals surface area contributed by atoms with Crippen LogP contribution in [0.4, 0.5) is 0 Å². The van der Waals surface area contributed by atoms with Gasteiger partial charge in [0.1, 0.15) is 5.69 Å². The predicted molar refractivity (Wildman–Crippen MR) is 67.0 cm³/mol. The molecule has 18 heavy (non-hydrogen) atoms. The lowest BCUT2D eigenvalue weighted by molar-refractivity contribution is 0.0596. The Morgan fingerprint density at radius 2 is 2.28 bits per heavy atom. The Kier molecular flexibility index (Phi) is 2.59. The molecule has 5 heteroatoms. The molecule has 0 radical (unpaired) electrons. The zero-order chi connectivity index (χ0) is 12.8. The van der Waals surface area contributed by atoms with Gasteiger partial charge in [0, 0.05) is 37.6 Å². The fourth-order valence-corrected chi connectivity index (χ4v) is 3.31. The minimum atomic E-state index is -0.108. The van der Waals surface area contributed by atoms with Gasteiger partial charge in [0.25, 0.3) is 5.91 Å². The first-order chi connectivity index (χ1) is 8.60. The fourth-order valence-electron chi connectivity index (χ4n) is 3.31. The number of nitrogens with zero attached hydrogens (tertiary/aromatic N) is 3. The van der Waals surface area contributed by atoms with E-state index >= 15 is 0 Å². The Balaban J connectivity index is 1.87. The zero-order valence-electron chi connectivity index (χ0n) is 10.8. The highest BCUT2D eigenvalue weighted by Gasteiger charge is 2.51. The maximum absolute atomic E-state index is 12.5. The third-order valence-electron chi connectivity index (χ3n) is 4.39. The van der Waals surface area contributed by atoms with Gasteiger partial charge in [-0.15, -0.1) is 0 Å². The maximum Gasteiger partial charge on any atom is 0.274 e. The van der Waals surface area contributed by atoms with Crippen LogP contribution in [0.25, 0.3) is 0 Å². The van der Waals surface area contributed by atoms with Crippen LogP contribution in [0.3, 0.4) is 0 Å². The second-order valence-electron chi connectivity index (χ2n) is 5.68. The average molecular weight is 246 g/mol. The lowest BCUT2D eigenvalue weighted by atomic mass is 9.85. The number of hydrogen-bond acceptors (Lipinski definition) is 4. The van der Waals surface area contributed by atoms with Crippen molar-refractivity contribution in [2.45, 2.75) is 19.4 Å². The van der Waals surface area contributed by atoms with Crippen LogP contribution in [0.5, 0.6) is 0 Å². The van der Waals surface area contributed by atoms with E-state index in [9.17, 15) is 4.79 Å². The molecule has 0 saturated carbocycles. The summed E-state index contributed by atoms with van der Waals surface area (Å²) in [7, 11) is 0. The van der Waals surface area contributed by atoms with Crippen molar-refractivity contribution in [3.05, 3.63) is 24.3 Å². The molecule has 5 nitrogen and oxygen atoms in total. The molecule has 0 bridgehead atoms. The van der Waals surface area contributed by atoms with E-state index in [2.05, 4.69) is 29.1 Å². The topological polar surface area (TPSA) is 58.1 Å². The van der Waals surface area contributed by atoms with Crippen molar-refractivity contribution in [2.24, 2.45) is 11.8 Å². The molecule has 3 rings (SSSR count). The number of carbonyl (C=O) groups is 1. The minimum Gasteiger partial charge on any atom is -0.331 e. The Bertz CT molecular complexity index is 459. The number of hydrogen-bond donors (Lipinski definition) is 1. The summed E-state index contributed by atoms with van der Waals surface area (Å²) in [5.41, 5.74) is 0.335. The van der Waals surface area contributed by atoms with Crippen molar-refractivity contribution in [3.8, 4) is 0 Å². The van der Waals surface area contributed by atoms with Crippen molar-refractivity contribution in [1.82, 2.24) is 20.2 Å². The zero-order valence-corrected chi connectivity index (χ0v) is 10.8. The number of fused-ring (bicyclic) bond motifs is 1. The van der Waals surface area contributed by atoms with E-state index in [1.165, 1.54) is 0 Å². The lowest BCUT2D eigenvalue weighted by Crippen LogP contribution is -2.47. The van der Waals surface area contributed by atoms with Gasteiger partial charge in [-0.2, -0.15) is 0 Å². The molecular weight excluding hydrogens is 228 g/mol. The van der Waals surface area contributed by atoms with E-state index in [0.29, 0.717) is 17.5 Å². The van der Waals surface area contributed by atoms with Crippen molar-refractivity contribution < 1.29 is 4.79 Å². The Morgan fingerprint density at radius 3 is 2.94 bits per heavy atom. The molecule has 1 amide bonds. The van der Waals surface area contributed by atoms with Crippen molar-refractivity contribution >= 4 is 5.91 Å². The summed E-state index contributed by atoms with van der Waals surface area (Å²) in [5, 5.41) is 3.41. The number of amides is 1. The fraction of sp³-hybridized carbons (Fsp3) is 0.615. The number of nitrogens with one attached hydrogen (secondary N) is 1. The molecule has 2 saturated heterocycles. The molecular formula is C13H18N4O. The molecule has 2 unspecified atom stereocenters. The Labute approximate surface area is 107 Å². The van der Waals surface area contributed by atoms with Gasteiger partial charge in [-0.05, 0) is 25.7 Å². The van der Waals surface area contributed by atoms with Crippen LogP contribution >= 0.6 is 0 Å². The van der Waals surface area contributed by atoms with Gasteiger partial charge in [0.2, 0.25) is 0 Å². The monoisotopic (exact) mass is 246 g/mol. The second-order valence-corrected chi connectivity index (χ2v) is 5.68. The largest absolute Gasteiger partial charge is 0.331 e. The minimum absolute atomic E-state index is 0.00231.